The van der Waals surface area contributed by atoms with Crippen molar-refractivity contribution in [2.75, 3.05) is 25.5 Å². The first-order chi connectivity index (χ1) is 16.1. The molecule has 35 heavy (non-hydrogen) atoms. The number of methoxy groups -OCH3 is 1. The monoisotopic (exact) mass is 524 g/mol. The van der Waals surface area contributed by atoms with Gasteiger partial charge >= 0.3 is 12.4 Å². The summed E-state index contributed by atoms with van der Waals surface area (Å²) >= 11 is 0. The average Bonchev–Trinajstić information content (AvgIpc) is 2.77. The maximum Gasteiger partial charge on any atom is 0.416 e. The zero-order valence-corrected chi connectivity index (χ0v) is 19.4. The van der Waals surface area contributed by atoms with Crippen LogP contribution in [-0.2, 0) is 27.2 Å². The van der Waals surface area contributed by atoms with Crippen molar-refractivity contribution in [1.82, 2.24) is 4.31 Å². The average molecular weight is 524 g/mol. The molecular weight excluding hydrogens is 502 g/mol. The fourth-order valence-corrected chi connectivity index (χ4v) is 5.53. The summed E-state index contributed by atoms with van der Waals surface area (Å²) in [6.45, 7) is 1.48. The number of carbonyl (C=O) groups excluding carboxylic acids is 1. The number of amides is 1. The number of sulfonamides is 1. The zero-order valence-electron chi connectivity index (χ0n) is 18.6. The standard InChI is InChI=1S/C22H22F6N2O4S/c1-13-5-6-18(34-2)19(8-13)35(32,33)30-7-3-4-14(12-30)20(31)29-17-10-15(21(23,24)25)9-16(11-17)22(26,27)28/h5-6,8-11,14H,3-4,7,12H2,1-2H3,(H,29,31)/t14-/m1/s1. The molecule has 1 aliphatic heterocycles. The summed E-state index contributed by atoms with van der Waals surface area (Å²) < 4.78 is 111. The number of anilines is 1. The molecule has 1 N–H and O–H groups in total. The molecule has 1 saturated heterocycles. The number of alkyl halides is 6. The van der Waals surface area contributed by atoms with Gasteiger partial charge in [0.25, 0.3) is 0 Å². The molecule has 0 unspecified atom stereocenters. The van der Waals surface area contributed by atoms with Crippen LogP contribution in [0.2, 0.25) is 0 Å². The van der Waals surface area contributed by atoms with Crippen LogP contribution in [0.25, 0.3) is 0 Å². The number of hydrogen-bond acceptors (Lipinski definition) is 4. The minimum absolute atomic E-state index is 0.0419. The molecule has 1 heterocycles. The van der Waals surface area contributed by atoms with E-state index in [0.29, 0.717) is 17.7 Å². The number of carbonyl (C=O) groups is 1. The van der Waals surface area contributed by atoms with Crippen LogP contribution in [0.3, 0.4) is 0 Å². The fourth-order valence-electron chi connectivity index (χ4n) is 3.77. The molecule has 13 heteroatoms. The summed E-state index contributed by atoms with van der Waals surface area (Å²) in [5.74, 6) is -1.77. The Labute approximate surface area is 197 Å². The van der Waals surface area contributed by atoms with E-state index < -0.39 is 51.0 Å². The van der Waals surface area contributed by atoms with Crippen molar-refractivity contribution in [3.8, 4) is 5.75 Å². The Hall–Kier alpha value is -2.80. The van der Waals surface area contributed by atoms with E-state index >= 15 is 0 Å². The van der Waals surface area contributed by atoms with Crippen LogP contribution in [0.4, 0.5) is 32.0 Å². The van der Waals surface area contributed by atoms with Crippen LogP contribution in [0.5, 0.6) is 5.75 Å². The Bertz CT molecular complexity index is 1180. The molecule has 192 valence electrons. The predicted octanol–water partition coefficient (Wildman–Crippen LogP) is 5.08. The van der Waals surface area contributed by atoms with E-state index in [9.17, 15) is 39.6 Å². The Morgan fingerprint density at radius 2 is 1.63 bits per heavy atom. The molecule has 6 nitrogen and oxygen atoms in total. The quantitative estimate of drug-likeness (QED) is 0.554. The second-order valence-electron chi connectivity index (χ2n) is 8.14. The molecular formula is C22H22F6N2O4S. The summed E-state index contributed by atoms with van der Waals surface area (Å²) in [5, 5.41) is 2.09. The largest absolute Gasteiger partial charge is 0.495 e. The van der Waals surface area contributed by atoms with Crippen LogP contribution < -0.4 is 10.1 Å². The Balaban J connectivity index is 1.85. The number of benzene rings is 2. The minimum Gasteiger partial charge on any atom is -0.495 e. The van der Waals surface area contributed by atoms with Crippen molar-refractivity contribution in [1.29, 1.82) is 0 Å². The molecule has 1 amide bonds. The molecule has 1 aliphatic rings. The van der Waals surface area contributed by atoms with Gasteiger partial charge in [0.2, 0.25) is 15.9 Å². The number of aryl methyl sites for hydroxylation is 1. The highest BCUT2D eigenvalue weighted by atomic mass is 32.2. The number of rotatable bonds is 5. The Kier molecular flexibility index (Phi) is 7.42. The van der Waals surface area contributed by atoms with Crippen molar-refractivity contribution >= 4 is 21.6 Å². The molecule has 3 rings (SSSR count). The summed E-state index contributed by atoms with van der Waals surface area (Å²) in [4.78, 5) is 12.7. The van der Waals surface area contributed by atoms with Crippen molar-refractivity contribution in [3.63, 3.8) is 0 Å². The maximum absolute atomic E-state index is 13.2. The fraction of sp³-hybridized carbons (Fsp3) is 0.409. The highest BCUT2D eigenvalue weighted by Crippen LogP contribution is 2.38. The van der Waals surface area contributed by atoms with Gasteiger partial charge in [-0.1, -0.05) is 6.07 Å². The van der Waals surface area contributed by atoms with Crippen LogP contribution in [-0.4, -0.2) is 38.8 Å². The van der Waals surface area contributed by atoms with Gasteiger partial charge in [-0.2, -0.15) is 30.6 Å². The third-order valence-electron chi connectivity index (χ3n) is 5.55. The van der Waals surface area contributed by atoms with Crippen molar-refractivity contribution in [2.45, 2.75) is 37.0 Å². The van der Waals surface area contributed by atoms with Crippen LogP contribution in [0, 0.1) is 12.8 Å². The highest BCUT2D eigenvalue weighted by molar-refractivity contribution is 7.89. The van der Waals surface area contributed by atoms with E-state index in [2.05, 4.69) is 5.32 Å². The molecule has 1 atom stereocenters. The first kappa shape index (κ1) is 26.8. The number of halogens is 6. The molecule has 0 radical (unpaired) electrons. The lowest BCUT2D eigenvalue weighted by Crippen LogP contribution is -2.43. The highest BCUT2D eigenvalue weighted by Gasteiger charge is 2.38. The van der Waals surface area contributed by atoms with Gasteiger partial charge in [0, 0.05) is 18.8 Å². The third-order valence-corrected chi connectivity index (χ3v) is 7.43. The first-order valence-corrected chi connectivity index (χ1v) is 11.8. The summed E-state index contributed by atoms with van der Waals surface area (Å²) in [5.41, 5.74) is -3.16. The van der Waals surface area contributed by atoms with Crippen LogP contribution >= 0.6 is 0 Å². The van der Waals surface area contributed by atoms with Crippen LogP contribution in [0.15, 0.2) is 41.3 Å². The number of nitrogens with zero attached hydrogens (tertiary/aromatic N) is 1. The normalized spacial score (nSPS) is 17.8. The van der Waals surface area contributed by atoms with Gasteiger partial charge < -0.3 is 10.1 Å². The summed E-state index contributed by atoms with van der Waals surface area (Å²) in [6, 6.07) is 5.33. The van der Waals surface area contributed by atoms with Gasteiger partial charge in [-0.05, 0) is 55.7 Å². The maximum atomic E-state index is 13.2. The zero-order chi connectivity index (χ0) is 26.2. The molecule has 0 aliphatic carbocycles. The Morgan fingerprint density at radius 1 is 1.03 bits per heavy atom. The van der Waals surface area contributed by atoms with E-state index in [1.165, 1.54) is 19.2 Å². The molecule has 0 bridgehead atoms. The summed E-state index contributed by atoms with van der Waals surface area (Å²) in [6.07, 6.45) is -9.66. The van der Waals surface area contributed by atoms with Crippen LogP contribution in [0.1, 0.15) is 29.5 Å². The predicted molar refractivity (Wildman–Crippen MR) is 114 cm³/mol. The Morgan fingerprint density at radius 3 is 2.17 bits per heavy atom. The number of hydrogen-bond donors (Lipinski definition) is 1. The van der Waals surface area contributed by atoms with E-state index in [1.807, 2.05) is 0 Å². The van der Waals surface area contributed by atoms with Gasteiger partial charge in [0.1, 0.15) is 10.6 Å². The van der Waals surface area contributed by atoms with Crippen molar-refractivity contribution in [3.05, 3.63) is 53.1 Å². The first-order valence-electron chi connectivity index (χ1n) is 10.4. The minimum atomic E-state index is -5.07. The SMILES string of the molecule is COc1ccc(C)cc1S(=O)(=O)N1CCC[C@@H](C(=O)Nc2cc(C(F)(F)F)cc(C(F)(F)F)c2)C1. The lowest BCUT2D eigenvalue weighted by molar-refractivity contribution is -0.143. The van der Waals surface area contributed by atoms with E-state index in [-0.39, 0.29) is 42.6 Å². The van der Waals surface area contributed by atoms with Gasteiger partial charge in [0.15, 0.2) is 0 Å². The summed E-state index contributed by atoms with van der Waals surface area (Å²) in [7, 11) is -2.78. The molecule has 0 spiro atoms. The van der Waals surface area contributed by atoms with Gasteiger partial charge in [-0.15, -0.1) is 0 Å². The molecule has 1 fully saturated rings. The molecule has 0 saturated carbocycles. The smallest absolute Gasteiger partial charge is 0.416 e. The number of ether oxygens (including phenoxy) is 1. The van der Waals surface area contributed by atoms with Gasteiger partial charge in [0.05, 0.1) is 24.2 Å². The molecule has 2 aromatic carbocycles. The van der Waals surface area contributed by atoms with Crippen molar-refractivity contribution in [2.24, 2.45) is 5.92 Å². The number of nitrogens with one attached hydrogen (secondary N) is 1. The van der Waals surface area contributed by atoms with Gasteiger partial charge in [-0.25, -0.2) is 8.42 Å². The lowest BCUT2D eigenvalue weighted by atomic mass is 9.98. The van der Waals surface area contributed by atoms with E-state index in [0.717, 1.165) is 4.31 Å². The van der Waals surface area contributed by atoms with E-state index in [4.69, 9.17) is 4.74 Å². The van der Waals surface area contributed by atoms with E-state index in [1.54, 1.807) is 13.0 Å². The van der Waals surface area contributed by atoms with Gasteiger partial charge in [-0.3, -0.25) is 4.79 Å². The number of piperidine rings is 1. The third kappa shape index (κ3) is 6.07. The second-order valence-corrected chi connectivity index (χ2v) is 10.0. The lowest BCUT2D eigenvalue weighted by Gasteiger charge is -2.31. The second kappa shape index (κ2) is 9.69. The topological polar surface area (TPSA) is 75.7 Å². The molecule has 0 aromatic heterocycles. The molecule has 2 aromatic rings. The van der Waals surface area contributed by atoms with Crippen molar-refractivity contribution < 1.29 is 44.3 Å².